The zero-order valence-corrected chi connectivity index (χ0v) is 15.1. The average Bonchev–Trinajstić information content (AvgIpc) is 2.86. The topological polar surface area (TPSA) is 87.2 Å². The largest absolute Gasteiger partial charge is 0.480 e. The highest BCUT2D eigenvalue weighted by Crippen LogP contribution is 2.17. The number of rotatable bonds is 7. The summed E-state index contributed by atoms with van der Waals surface area (Å²) < 4.78 is 5.51. The van der Waals surface area contributed by atoms with Crippen molar-refractivity contribution in [3.8, 4) is 0 Å². The molecule has 1 heterocycles. The monoisotopic (exact) mass is 362 g/mol. The van der Waals surface area contributed by atoms with Gasteiger partial charge in [0, 0.05) is 26.1 Å². The third-order valence-electron chi connectivity index (χ3n) is 4.54. The summed E-state index contributed by atoms with van der Waals surface area (Å²) in [5, 5.41) is 8.99. The van der Waals surface area contributed by atoms with Crippen molar-refractivity contribution in [3.05, 3.63) is 35.9 Å². The fourth-order valence-electron chi connectivity index (χ4n) is 3.20. The lowest BCUT2D eigenvalue weighted by molar-refractivity contribution is -0.145. The lowest BCUT2D eigenvalue weighted by Crippen LogP contribution is -2.43. The molecule has 1 saturated heterocycles. The van der Waals surface area contributed by atoms with E-state index in [1.54, 1.807) is 4.90 Å². The van der Waals surface area contributed by atoms with Gasteiger partial charge in [0.1, 0.15) is 13.2 Å². The molecular weight excluding hydrogens is 336 g/mol. The fourth-order valence-corrected chi connectivity index (χ4v) is 3.20. The SMILES string of the molecule is CC(=O)N(CC(=O)O)C1CCCN(C(=O)COCc2ccccc2)CC1. The number of carbonyl (C=O) groups excluding carboxylic acids is 2. The Morgan fingerprint density at radius 1 is 1.19 bits per heavy atom. The van der Waals surface area contributed by atoms with Gasteiger partial charge in [0.2, 0.25) is 11.8 Å². The fraction of sp³-hybridized carbons (Fsp3) is 0.526. The number of ether oxygens (including phenoxy) is 1. The molecule has 1 N–H and O–H groups in total. The van der Waals surface area contributed by atoms with E-state index in [1.807, 2.05) is 30.3 Å². The summed E-state index contributed by atoms with van der Waals surface area (Å²) in [6, 6.07) is 9.52. The molecule has 0 aliphatic carbocycles. The Kier molecular flexibility index (Phi) is 7.59. The first-order valence-corrected chi connectivity index (χ1v) is 8.86. The van der Waals surface area contributed by atoms with Gasteiger partial charge >= 0.3 is 5.97 Å². The Morgan fingerprint density at radius 2 is 1.92 bits per heavy atom. The summed E-state index contributed by atoms with van der Waals surface area (Å²) in [4.78, 5) is 38.2. The average molecular weight is 362 g/mol. The minimum atomic E-state index is -1.02. The maximum Gasteiger partial charge on any atom is 0.323 e. The van der Waals surface area contributed by atoms with Gasteiger partial charge in [-0.2, -0.15) is 0 Å². The van der Waals surface area contributed by atoms with Crippen LogP contribution in [0, 0.1) is 0 Å². The van der Waals surface area contributed by atoms with Crippen molar-refractivity contribution in [2.75, 3.05) is 26.2 Å². The summed E-state index contributed by atoms with van der Waals surface area (Å²) in [6.45, 7) is 2.59. The van der Waals surface area contributed by atoms with Gasteiger partial charge in [0.25, 0.3) is 0 Å². The Morgan fingerprint density at radius 3 is 2.58 bits per heavy atom. The molecule has 0 bridgehead atoms. The Labute approximate surface area is 153 Å². The first-order valence-electron chi connectivity index (χ1n) is 8.86. The van der Waals surface area contributed by atoms with Crippen LogP contribution in [0.5, 0.6) is 0 Å². The number of amides is 2. The van der Waals surface area contributed by atoms with E-state index < -0.39 is 5.97 Å². The second kappa shape index (κ2) is 9.91. The van der Waals surface area contributed by atoms with Crippen LogP contribution >= 0.6 is 0 Å². The number of aliphatic carboxylic acids is 1. The molecule has 1 aliphatic heterocycles. The molecule has 0 aromatic heterocycles. The van der Waals surface area contributed by atoms with Crippen LogP contribution < -0.4 is 0 Å². The normalized spacial score (nSPS) is 17.4. The lowest BCUT2D eigenvalue weighted by atomic mass is 10.1. The molecule has 2 amide bonds. The van der Waals surface area contributed by atoms with Gasteiger partial charge in [-0.15, -0.1) is 0 Å². The molecule has 26 heavy (non-hydrogen) atoms. The van der Waals surface area contributed by atoms with Crippen LogP contribution in [0.15, 0.2) is 30.3 Å². The zero-order valence-electron chi connectivity index (χ0n) is 15.1. The van der Waals surface area contributed by atoms with Crippen LogP contribution in [-0.2, 0) is 25.7 Å². The van der Waals surface area contributed by atoms with Crippen LogP contribution in [0.3, 0.4) is 0 Å². The van der Waals surface area contributed by atoms with Gasteiger partial charge in [0.15, 0.2) is 0 Å². The van der Waals surface area contributed by atoms with Crippen molar-refractivity contribution in [2.24, 2.45) is 0 Å². The number of carboxylic acids is 1. The molecule has 1 fully saturated rings. The Bertz CT molecular complexity index is 620. The van der Waals surface area contributed by atoms with E-state index >= 15 is 0 Å². The Hall–Kier alpha value is -2.41. The number of hydrogen-bond acceptors (Lipinski definition) is 4. The van der Waals surface area contributed by atoms with E-state index in [9.17, 15) is 14.4 Å². The molecule has 7 heteroatoms. The summed E-state index contributed by atoms with van der Waals surface area (Å²) >= 11 is 0. The van der Waals surface area contributed by atoms with Crippen LogP contribution in [0.25, 0.3) is 0 Å². The molecular formula is C19H26N2O5. The minimum absolute atomic E-state index is 0.0190. The molecule has 0 spiro atoms. The van der Waals surface area contributed by atoms with Crippen molar-refractivity contribution < 1.29 is 24.2 Å². The van der Waals surface area contributed by atoms with Crippen molar-refractivity contribution in [1.29, 1.82) is 0 Å². The van der Waals surface area contributed by atoms with Crippen molar-refractivity contribution >= 4 is 17.8 Å². The van der Waals surface area contributed by atoms with Crippen molar-refractivity contribution in [3.63, 3.8) is 0 Å². The van der Waals surface area contributed by atoms with Crippen LogP contribution in [0.1, 0.15) is 31.7 Å². The van der Waals surface area contributed by atoms with Crippen LogP contribution in [0.4, 0.5) is 0 Å². The predicted molar refractivity (Wildman–Crippen MR) is 95.3 cm³/mol. The predicted octanol–water partition coefficient (Wildman–Crippen LogP) is 1.52. The lowest BCUT2D eigenvalue weighted by Gasteiger charge is -2.28. The third kappa shape index (κ3) is 6.15. The smallest absolute Gasteiger partial charge is 0.323 e. The molecule has 2 rings (SSSR count). The molecule has 142 valence electrons. The highest BCUT2D eigenvalue weighted by Gasteiger charge is 2.27. The summed E-state index contributed by atoms with van der Waals surface area (Å²) in [6.07, 6.45) is 2.01. The number of nitrogens with zero attached hydrogens (tertiary/aromatic N) is 2. The Balaban J connectivity index is 1.82. The number of carbonyl (C=O) groups is 3. The molecule has 1 aromatic carbocycles. The maximum absolute atomic E-state index is 12.4. The second-order valence-corrected chi connectivity index (χ2v) is 6.48. The minimum Gasteiger partial charge on any atom is -0.480 e. The van der Waals surface area contributed by atoms with Gasteiger partial charge in [-0.05, 0) is 24.8 Å². The van der Waals surface area contributed by atoms with Crippen molar-refractivity contribution in [2.45, 2.75) is 38.8 Å². The third-order valence-corrected chi connectivity index (χ3v) is 4.54. The van der Waals surface area contributed by atoms with Gasteiger partial charge in [-0.3, -0.25) is 14.4 Å². The molecule has 1 aliphatic rings. The highest BCUT2D eigenvalue weighted by molar-refractivity contribution is 5.80. The molecule has 1 unspecified atom stereocenters. The first kappa shape index (κ1) is 19.9. The molecule has 0 saturated carbocycles. The quantitative estimate of drug-likeness (QED) is 0.795. The number of likely N-dealkylation sites (tertiary alicyclic amines) is 1. The standard InChI is InChI=1S/C19H26N2O5/c1-15(22)21(12-19(24)25)17-8-5-10-20(11-9-17)18(23)14-26-13-16-6-3-2-4-7-16/h2-4,6-7,17H,5,8-14H2,1H3,(H,24,25). The van der Waals surface area contributed by atoms with E-state index in [-0.39, 0.29) is 31.0 Å². The van der Waals surface area contributed by atoms with Gasteiger partial charge < -0.3 is 19.6 Å². The molecule has 0 radical (unpaired) electrons. The maximum atomic E-state index is 12.4. The summed E-state index contributed by atoms with van der Waals surface area (Å²) in [7, 11) is 0. The number of carboxylic acid groups (broad SMARTS) is 1. The van der Waals surface area contributed by atoms with Crippen LogP contribution in [0.2, 0.25) is 0 Å². The summed E-state index contributed by atoms with van der Waals surface area (Å²) in [5.41, 5.74) is 1.02. The zero-order chi connectivity index (χ0) is 18.9. The molecule has 7 nitrogen and oxygen atoms in total. The van der Waals surface area contributed by atoms with E-state index in [0.717, 1.165) is 12.0 Å². The van der Waals surface area contributed by atoms with E-state index in [1.165, 1.54) is 11.8 Å². The van der Waals surface area contributed by atoms with Gasteiger partial charge in [-0.25, -0.2) is 0 Å². The van der Waals surface area contributed by atoms with E-state index in [0.29, 0.717) is 32.5 Å². The first-order chi connectivity index (χ1) is 12.5. The van der Waals surface area contributed by atoms with E-state index in [2.05, 4.69) is 0 Å². The van der Waals surface area contributed by atoms with Crippen molar-refractivity contribution in [1.82, 2.24) is 9.80 Å². The van der Waals surface area contributed by atoms with E-state index in [4.69, 9.17) is 9.84 Å². The van der Waals surface area contributed by atoms with Gasteiger partial charge in [0.05, 0.1) is 6.61 Å². The number of benzene rings is 1. The van der Waals surface area contributed by atoms with Crippen LogP contribution in [-0.4, -0.2) is 65.0 Å². The molecule has 1 aromatic rings. The van der Waals surface area contributed by atoms with Gasteiger partial charge in [-0.1, -0.05) is 30.3 Å². The highest BCUT2D eigenvalue weighted by atomic mass is 16.5. The number of hydrogen-bond donors (Lipinski definition) is 1. The molecule has 1 atom stereocenters. The second-order valence-electron chi connectivity index (χ2n) is 6.48. The summed E-state index contributed by atoms with van der Waals surface area (Å²) in [5.74, 6) is -1.34.